The van der Waals surface area contributed by atoms with Crippen LogP contribution >= 0.6 is 75.5 Å². The van der Waals surface area contributed by atoms with Crippen molar-refractivity contribution in [3.05, 3.63) is 54.3 Å². The summed E-state index contributed by atoms with van der Waals surface area (Å²) < 4.78 is 3.65. The van der Waals surface area contributed by atoms with Gasteiger partial charge in [0.15, 0.2) is 0 Å². The second-order valence-electron chi connectivity index (χ2n) is 5.47. The molecule has 0 bridgehead atoms. The van der Waals surface area contributed by atoms with Crippen LogP contribution in [-0.4, -0.2) is 23.3 Å². The van der Waals surface area contributed by atoms with E-state index in [0.29, 0.717) is 24.3 Å². The molecule has 9 heteroatoms. The van der Waals surface area contributed by atoms with Crippen molar-refractivity contribution in [2.75, 3.05) is 22.1 Å². The fraction of sp³-hybridized carbons (Fsp3) is 0.222. The van der Waals surface area contributed by atoms with Gasteiger partial charge < -0.3 is 10.6 Å². The van der Waals surface area contributed by atoms with Crippen molar-refractivity contribution < 1.29 is 9.59 Å². The van der Waals surface area contributed by atoms with Crippen molar-refractivity contribution >= 4 is 98.7 Å². The first-order chi connectivity index (χ1) is 12.8. The van der Waals surface area contributed by atoms with Crippen LogP contribution in [0.3, 0.4) is 0 Å². The molecular weight excluding hydrogens is 628 g/mol. The Bertz CT molecular complexity index is 766. The zero-order valence-electron chi connectivity index (χ0n) is 14.0. The van der Waals surface area contributed by atoms with E-state index in [1.807, 2.05) is 36.4 Å². The molecule has 0 atom stereocenters. The highest BCUT2D eigenvalue weighted by atomic mass is 79.9. The molecule has 2 aromatic rings. The fourth-order valence-corrected chi connectivity index (χ4v) is 4.14. The van der Waals surface area contributed by atoms with Crippen LogP contribution in [-0.2, 0) is 9.59 Å². The number of benzene rings is 2. The smallest absolute Gasteiger partial charge is 0.225 e. The summed E-state index contributed by atoms with van der Waals surface area (Å²) in [6.45, 7) is 0. The molecule has 0 fully saturated rings. The van der Waals surface area contributed by atoms with E-state index in [-0.39, 0.29) is 11.8 Å². The average molecular weight is 644 g/mol. The van der Waals surface area contributed by atoms with Crippen LogP contribution in [0.25, 0.3) is 0 Å². The lowest BCUT2D eigenvalue weighted by Crippen LogP contribution is -2.14. The lowest BCUT2D eigenvalue weighted by atomic mass is 10.3. The number of halogens is 4. The molecule has 0 spiro atoms. The number of thioether (sulfide) groups is 1. The molecule has 0 aliphatic rings. The largest absolute Gasteiger partial charge is 0.326 e. The Morgan fingerprint density at radius 3 is 1.48 bits per heavy atom. The van der Waals surface area contributed by atoms with E-state index in [1.165, 1.54) is 0 Å². The Morgan fingerprint density at radius 1 is 0.704 bits per heavy atom. The monoisotopic (exact) mass is 640 g/mol. The molecule has 27 heavy (non-hydrogen) atoms. The number of carbonyl (C=O) groups is 2. The maximum atomic E-state index is 12.0. The standard InChI is InChI=1S/C18H16Br4N2O2S/c19-13-3-1-11(9-15(13)21)23-17(25)5-7-27-8-6-18(26)24-12-2-4-14(20)16(22)10-12/h1-4,9-10H,5-8H2,(H,23,25)(H,24,26). The van der Waals surface area contributed by atoms with Crippen molar-refractivity contribution in [1.29, 1.82) is 0 Å². The van der Waals surface area contributed by atoms with Gasteiger partial charge in [-0.3, -0.25) is 9.59 Å². The van der Waals surface area contributed by atoms with Crippen molar-refractivity contribution in [2.45, 2.75) is 12.8 Å². The average Bonchev–Trinajstić information content (AvgIpc) is 2.61. The molecule has 0 radical (unpaired) electrons. The van der Waals surface area contributed by atoms with Gasteiger partial charge in [-0.05, 0) is 100 Å². The summed E-state index contributed by atoms with van der Waals surface area (Å²) >= 11 is 15.2. The number of hydrogen-bond donors (Lipinski definition) is 2. The molecular formula is C18H16Br4N2O2S. The number of hydrogen-bond acceptors (Lipinski definition) is 3. The predicted molar refractivity (Wildman–Crippen MR) is 128 cm³/mol. The first-order valence-electron chi connectivity index (χ1n) is 7.92. The molecule has 0 saturated carbocycles. The first kappa shape index (κ1) is 22.9. The van der Waals surface area contributed by atoms with Crippen LogP contribution < -0.4 is 10.6 Å². The Labute approximate surface area is 196 Å². The summed E-state index contributed by atoms with van der Waals surface area (Å²) in [4.78, 5) is 23.9. The molecule has 2 rings (SSSR count). The second kappa shape index (κ2) is 11.6. The van der Waals surface area contributed by atoms with E-state index in [1.54, 1.807) is 11.8 Å². The van der Waals surface area contributed by atoms with Gasteiger partial charge in [-0.1, -0.05) is 0 Å². The van der Waals surface area contributed by atoms with Gasteiger partial charge in [0, 0.05) is 53.6 Å². The Balaban J connectivity index is 1.63. The van der Waals surface area contributed by atoms with Crippen molar-refractivity contribution in [3.8, 4) is 0 Å². The number of anilines is 2. The van der Waals surface area contributed by atoms with Gasteiger partial charge in [-0.15, -0.1) is 0 Å². The van der Waals surface area contributed by atoms with E-state index in [4.69, 9.17) is 0 Å². The van der Waals surface area contributed by atoms with E-state index >= 15 is 0 Å². The number of rotatable bonds is 8. The molecule has 0 aliphatic carbocycles. The van der Waals surface area contributed by atoms with Gasteiger partial charge in [0.05, 0.1) is 0 Å². The Morgan fingerprint density at radius 2 is 1.11 bits per heavy atom. The summed E-state index contributed by atoms with van der Waals surface area (Å²) in [5, 5.41) is 5.72. The molecule has 144 valence electrons. The first-order valence-corrected chi connectivity index (χ1v) is 12.3. The number of amides is 2. The highest BCUT2D eigenvalue weighted by molar-refractivity contribution is 9.13. The number of nitrogens with one attached hydrogen (secondary N) is 2. The van der Waals surface area contributed by atoms with Crippen molar-refractivity contribution in [2.24, 2.45) is 0 Å². The summed E-state index contributed by atoms with van der Waals surface area (Å²) in [6.07, 6.45) is 0.805. The van der Waals surface area contributed by atoms with Gasteiger partial charge in [0.1, 0.15) is 0 Å². The van der Waals surface area contributed by atoms with Gasteiger partial charge in [0.25, 0.3) is 0 Å². The molecule has 0 unspecified atom stereocenters. The van der Waals surface area contributed by atoms with Gasteiger partial charge in [-0.25, -0.2) is 0 Å². The molecule has 0 saturated heterocycles. The quantitative estimate of drug-likeness (QED) is 0.310. The summed E-state index contributed by atoms with van der Waals surface area (Å²) in [5.41, 5.74) is 1.50. The third-order valence-corrected chi connectivity index (χ3v) is 8.10. The van der Waals surface area contributed by atoms with E-state index in [2.05, 4.69) is 74.4 Å². The van der Waals surface area contributed by atoms with E-state index < -0.39 is 0 Å². The van der Waals surface area contributed by atoms with Crippen molar-refractivity contribution in [1.82, 2.24) is 0 Å². The molecule has 2 N–H and O–H groups in total. The van der Waals surface area contributed by atoms with Crippen molar-refractivity contribution in [3.63, 3.8) is 0 Å². The minimum atomic E-state index is -0.0408. The Hall–Kier alpha value is -0.350. The van der Waals surface area contributed by atoms with E-state index in [9.17, 15) is 9.59 Å². The minimum absolute atomic E-state index is 0.0408. The molecule has 2 aromatic carbocycles. The van der Waals surface area contributed by atoms with Crippen LogP contribution in [0, 0.1) is 0 Å². The highest BCUT2D eigenvalue weighted by Crippen LogP contribution is 2.27. The zero-order valence-corrected chi connectivity index (χ0v) is 21.2. The lowest BCUT2D eigenvalue weighted by Gasteiger charge is -2.07. The molecule has 2 amide bonds. The molecule has 0 heterocycles. The molecule has 4 nitrogen and oxygen atoms in total. The summed E-state index contributed by atoms with van der Waals surface area (Å²) in [7, 11) is 0. The third kappa shape index (κ3) is 8.27. The van der Waals surface area contributed by atoms with Crippen LogP contribution in [0.5, 0.6) is 0 Å². The van der Waals surface area contributed by atoms with Gasteiger partial charge >= 0.3 is 0 Å². The van der Waals surface area contributed by atoms with Gasteiger partial charge in [0.2, 0.25) is 11.8 Å². The van der Waals surface area contributed by atoms with Crippen LogP contribution in [0.1, 0.15) is 12.8 Å². The summed E-state index contributed by atoms with van der Waals surface area (Å²) in [5.74, 6) is 1.25. The maximum absolute atomic E-state index is 12.0. The zero-order chi connectivity index (χ0) is 19.8. The number of carbonyl (C=O) groups excluding carboxylic acids is 2. The lowest BCUT2D eigenvalue weighted by molar-refractivity contribution is -0.116. The van der Waals surface area contributed by atoms with Gasteiger partial charge in [-0.2, -0.15) is 11.8 Å². The Kier molecular flexibility index (Phi) is 9.86. The predicted octanol–water partition coefficient (Wildman–Crippen LogP) is 6.83. The second-order valence-corrected chi connectivity index (χ2v) is 10.1. The normalized spacial score (nSPS) is 10.5. The van der Waals surface area contributed by atoms with Crippen LogP contribution in [0.2, 0.25) is 0 Å². The fourth-order valence-electron chi connectivity index (χ4n) is 2.03. The SMILES string of the molecule is O=C(CCSCCC(=O)Nc1ccc(Br)c(Br)c1)Nc1ccc(Br)c(Br)c1. The summed E-state index contributed by atoms with van der Waals surface area (Å²) in [6, 6.07) is 11.1. The topological polar surface area (TPSA) is 58.2 Å². The van der Waals surface area contributed by atoms with Crippen LogP contribution in [0.4, 0.5) is 11.4 Å². The minimum Gasteiger partial charge on any atom is -0.326 e. The third-order valence-electron chi connectivity index (χ3n) is 3.35. The molecule has 0 aromatic heterocycles. The molecule has 0 aliphatic heterocycles. The maximum Gasteiger partial charge on any atom is 0.225 e. The van der Waals surface area contributed by atoms with E-state index in [0.717, 1.165) is 29.3 Å². The van der Waals surface area contributed by atoms with Crippen LogP contribution in [0.15, 0.2) is 54.3 Å². The highest BCUT2D eigenvalue weighted by Gasteiger charge is 2.07.